The van der Waals surface area contributed by atoms with Crippen molar-refractivity contribution in [3.63, 3.8) is 0 Å². The van der Waals surface area contributed by atoms with E-state index in [1.54, 1.807) is 9.58 Å². The van der Waals surface area contributed by atoms with Crippen molar-refractivity contribution in [1.29, 1.82) is 0 Å². The molecule has 0 saturated heterocycles. The molecule has 0 atom stereocenters. The van der Waals surface area contributed by atoms with E-state index in [1.807, 2.05) is 82.5 Å². The van der Waals surface area contributed by atoms with Crippen LogP contribution in [0.4, 0.5) is 5.69 Å². The third-order valence-corrected chi connectivity index (χ3v) is 4.64. The van der Waals surface area contributed by atoms with Crippen LogP contribution < -0.4 is 10.6 Å². The molecule has 0 aliphatic carbocycles. The zero-order valence-corrected chi connectivity index (χ0v) is 17.8. The van der Waals surface area contributed by atoms with Crippen molar-refractivity contribution in [3.8, 4) is 5.69 Å². The van der Waals surface area contributed by atoms with Gasteiger partial charge in [0.05, 0.1) is 29.2 Å². The van der Waals surface area contributed by atoms with Gasteiger partial charge in [-0.05, 0) is 57.8 Å². The number of amides is 2. The SMILES string of the molecule is Cc1nn(-c2ccccc2)c(C)c1C(=O)NCc1cccc(NC(=O)CN(C)C)c1. The van der Waals surface area contributed by atoms with Crippen molar-refractivity contribution in [1.82, 2.24) is 20.0 Å². The number of anilines is 1. The second-order valence-corrected chi connectivity index (χ2v) is 7.46. The lowest BCUT2D eigenvalue weighted by atomic mass is 10.1. The van der Waals surface area contributed by atoms with Gasteiger partial charge in [0.15, 0.2) is 0 Å². The minimum atomic E-state index is -0.172. The molecule has 2 N–H and O–H groups in total. The highest BCUT2D eigenvalue weighted by Gasteiger charge is 2.19. The summed E-state index contributed by atoms with van der Waals surface area (Å²) in [6.45, 7) is 4.39. The number of carbonyl (C=O) groups is 2. The van der Waals surface area contributed by atoms with Crippen LogP contribution in [-0.2, 0) is 11.3 Å². The third kappa shape index (κ3) is 5.12. The summed E-state index contributed by atoms with van der Waals surface area (Å²) >= 11 is 0. The van der Waals surface area contributed by atoms with Gasteiger partial charge < -0.3 is 15.5 Å². The maximum absolute atomic E-state index is 12.8. The zero-order valence-electron chi connectivity index (χ0n) is 17.8. The number of aromatic nitrogens is 2. The molecule has 0 spiro atoms. The zero-order chi connectivity index (χ0) is 21.7. The molecular weight excluding hydrogens is 378 g/mol. The molecule has 1 heterocycles. The van der Waals surface area contributed by atoms with Crippen molar-refractivity contribution in [2.45, 2.75) is 20.4 Å². The standard InChI is InChI=1S/C23H27N5O2/c1-16-22(17(2)28(26-16)20-11-6-5-7-12-20)23(30)24-14-18-9-8-10-19(13-18)25-21(29)15-27(3)4/h5-13H,14-15H2,1-4H3,(H,24,30)(H,25,29). The Morgan fingerprint density at radius 2 is 1.77 bits per heavy atom. The van der Waals surface area contributed by atoms with Crippen LogP contribution in [0.1, 0.15) is 27.3 Å². The average Bonchev–Trinajstić information content (AvgIpc) is 3.00. The van der Waals surface area contributed by atoms with Gasteiger partial charge in [-0.3, -0.25) is 9.59 Å². The molecule has 2 amide bonds. The lowest BCUT2D eigenvalue weighted by molar-refractivity contribution is -0.116. The summed E-state index contributed by atoms with van der Waals surface area (Å²) in [4.78, 5) is 26.6. The second kappa shape index (κ2) is 9.37. The van der Waals surface area contributed by atoms with Crippen LogP contribution in [0.15, 0.2) is 54.6 Å². The number of aryl methyl sites for hydroxylation is 1. The Labute approximate surface area is 176 Å². The van der Waals surface area contributed by atoms with E-state index in [2.05, 4.69) is 15.7 Å². The molecule has 1 aromatic heterocycles. The first-order valence-electron chi connectivity index (χ1n) is 9.78. The monoisotopic (exact) mass is 405 g/mol. The van der Waals surface area contributed by atoms with Crippen LogP contribution in [-0.4, -0.2) is 47.1 Å². The molecule has 0 bridgehead atoms. The highest BCUT2D eigenvalue weighted by atomic mass is 16.2. The average molecular weight is 406 g/mol. The predicted octanol–water partition coefficient (Wildman–Crippen LogP) is 2.92. The highest BCUT2D eigenvalue weighted by Crippen LogP contribution is 2.18. The lowest BCUT2D eigenvalue weighted by Gasteiger charge is -2.11. The topological polar surface area (TPSA) is 79.3 Å². The van der Waals surface area contributed by atoms with Crippen molar-refractivity contribution in [2.24, 2.45) is 0 Å². The number of carbonyl (C=O) groups excluding carboxylic acids is 2. The Morgan fingerprint density at radius 3 is 2.47 bits per heavy atom. The summed E-state index contributed by atoms with van der Waals surface area (Å²) in [5, 5.41) is 10.4. The van der Waals surface area contributed by atoms with Gasteiger partial charge >= 0.3 is 0 Å². The fourth-order valence-electron chi connectivity index (χ4n) is 3.31. The molecular formula is C23H27N5O2. The van der Waals surface area contributed by atoms with Crippen molar-refractivity contribution >= 4 is 17.5 Å². The molecule has 7 nitrogen and oxygen atoms in total. The summed E-state index contributed by atoms with van der Waals surface area (Å²) < 4.78 is 1.78. The number of benzene rings is 2. The Morgan fingerprint density at radius 1 is 1.03 bits per heavy atom. The smallest absolute Gasteiger partial charge is 0.255 e. The number of nitrogens with zero attached hydrogens (tertiary/aromatic N) is 3. The summed E-state index contributed by atoms with van der Waals surface area (Å²) in [5.41, 5.74) is 4.57. The van der Waals surface area contributed by atoms with Gasteiger partial charge in [0, 0.05) is 12.2 Å². The summed E-state index contributed by atoms with van der Waals surface area (Å²) in [7, 11) is 3.69. The molecule has 7 heteroatoms. The second-order valence-electron chi connectivity index (χ2n) is 7.46. The Kier molecular flexibility index (Phi) is 6.64. The molecule has 3 aromatic rings. The fourth-order valence-corrected chi connectivity index (χ4v) is 3.31. The van der Waals surface area contributed by atoms with Gasteiger partial charge in [-0.2, -0.15) is 5.10 Å². The van der Waals surface area contributed by atoms with E-state index in [1.165, 1.54) is 0 Å². The first-order valence-corrected chi connectivity index (χ1v) is 9.78. The van der Waals surface area contributed by atoms with E-state index in [0.717, 1.165) is 16.9 Å². The van der Waals surface area contributed by atoms with Gasteiger partial charge in [0.25, 0.3) is 5.91 Å². The Balaban J connectivity index is 1.69. The van der Waals surface area contributed by atoms with Gasteiger partial charge in [0.1, 0.15) is 0 Å². The van der Waals surface area contributed by atoms with Crippen molar-refractivity contribution in [2.75, 3.05) is 26.0 Å². The molecule has 2 aromatic carbocycles. The molecule has 0 aliphatic heterocycles. The minimum absolute atomic E-state index is 0.0826. The largest absolute Gasteiger partial charge is 0.348 e. The number of hydrogen-bond acceptors (Lipinski definition) is 4. The number of nitrogens with one attached hydrogen (secondary N) is 2. The first kappa shape index (κ1) is 21.3. The van der Waals surface area contributed by atoms with E-state index in [0.29, 0.717) is 30.0 Å². The summed E-state index contributed by atoms with van der Waals surface area (Å²) in [6, 6.07) is 17.2. The van der Waals surface area contributed by atoms with E-state index in [-0.39, 0.29) is 11.8 Å². The van der Waals surface area contributed by atoms with Gasteiger partial charge in [-0.25, -0.2) is 4.68 Å². The van der Waals surface area contributed by atoms with Crippen LogP contribution in [0.25, 0.3) is 5.69 Å². The Hall–Kier alpha value is -3.45. The molecule has 0 radical (unpaired) electrons. The Bertz CT molecular complexity index is 1040. The quantitative estimate of drug-likeness (QED) is 0.634. The summed E-state index contributed by atoms with van der Waals surface area (Å²) in [5.74, 6) is -0.255. The van der Waals surface area contributed by atoms with Crippen LogP contribution in [0, 0.1) is 13.8 Å². The molecule has 0 aliphatic rings. The number of para-hydroxylation sites is 1. The highest BCUT2D eigenvalue weighted by molar-refractivity contribution is 5.96. The molecule has 156 valence electrons. The van der Waals surface area contributed by atoms with Crippen molar-refractivity contribution < 1.29 is 9.59 Å². The van der Waals surface area contributed by atoms with Gasteiger partial charge in [-0.1, -0.05) is 30.3 Å². The lowest BCUT2D eigenvalue weighted by Crippen LogP contribution is -2.27. The van der Waals surface area contributed by atoms with Crippen molar-refractivity contribution in [3.05, 3.63) is 77.1 Å². The normalized spacial score (nSPS) is 10.8. The fraction of sp³-hybridized carbons (Fsp3) is 0.261. The molecule has 0 unspecified atom stereocenters. The van der Waals surface area contributed by atoms with Crippen LogP contribution in [0.2, 0.25) is 0 Å². The first-order chi connectivity index (χ1) is 14.3. The van der Waals surface area contributed by atoms with Gasteiger partial charge in [0.2, 0.25) is 5.91 Å². The van der Waals surface area contributed by atoms with E-state index >= 15 is 0 Å². The number of hydrogen-bond donors (Lipinski definition) is 2. The van der Waals surface area contributed by atoms with Gasteiger partial charge in [-0.15, -0.1) is 0 Å². The minimum Gasteiger partial charge on any atom is -0.348 e. The van der Waals surface area contributed by atoms with Crippen LogP contribution >= 0.6 is 0 Å². The maximum Gasteiger partial charge on any atom is 0.255 e. The predicted molar refractivity (Wildman–Crippen MR) is 118 cm³/mol. The van der Waals surface area contributed by atoms with Crippen LogP contribution in [0.5, 0.6) is 0 Å². The number of likely N-dealkylation sites (N-methyl/N-ethyl adjacent to an activating group) is 1. The maximum atomic E-state index is 12.8. The van der Waals surface area contributed by atoms with E-state index in [4.69, 9.17) is 0 Å². The van der Waals surface area contributed by atoms with E-state index < -0.39 is 0 Å². The number of rotatable bonds is 7. The molecule has 3 rings (SSSR count). The molecule has 0 fully saturated rings. The third-order valence-electron chi connectivity index (χ3n) is 4.64. The summed E-state index contributed by atoms with van der Waals surface area (Å²) in [6.07, 6.45) is 0. The van der Waals surface area contributed by atoms with Crippen LogP contribution in [0.3, 0.4) is 0 Å². The van der Waals surface area contributed by atoms with E-state index in [9.17, 15) is 9.59 Å². The molecule has 30 heavy (non-hydrogen) atoms. The molecule has 0 saturated carbocycles.